The van der Waals surface area contributed by atoms with Gasteiger partial charge in [-0.1, -0.05) is 26.0 Å². The van der Waals surface area contributed by atoms with E-state index in [1.54, 1.807) is 38.4 Å². The lowest BCUT2D eigenvalue weighted by molar-refractivity contribution is -0.142. The SMILES string of the molecule is CC(CC1(CC(C)C(=O)O)c2cccnc2-c2ncccc21)C(=O)O. The molecule has 0 saturated carbocycles. The second-order valence-corrected chi connectivity index (χ2v) is 6.77. The van der Waals surface area contributed by atoms with Crippen LogP contribution in [0.2, 0.25) is 0 Å². The van der Waals surface area contributed by atoms with E-state index in [1.165, 1.54) is 0 Å². The number of rotatable bonds is 6. The first-order valence-corrected chi connectivity index (χ1v) is 8.24. The fourth-order valence-electron chi connectivity index (χ4n) is 3.85. The molecule has 2 N–H and O–H groups in total. The lowest BCUT2D eigenvalue weighted by atomic mass is 9.68. The fourth-order valence-corrected chi connectivity index (χ4v) is 3.85. The van der Waals surface area contributed by atoms with Crippen molar-refractivity contribution in [1.29, 1.82) is 0 Å². The number of hydrogen-bond acceptors (Lipinski definition) is 4. The number of nitrogens with zero attached hydrogens (tertiary/aromatic N) is 2. The highest BCUT2D eigenvalue weighted by Gasteiger charge is 2.47. The fraction of sp³-hybridized carbons (Fsp3) is 0.368. The third-order valence-electron chi connectivity index (χ3n) is 5.02. The number of aliphatic carboxylic acids is 2. The number of carbonyl (C=O) groups is 2. The van der Waals surface area contributed by atoms with E-state index in [2.05, 4.69) is 9.97 Å². The Balaban J connectivity index is 2.22. The Morgan fingerprint density at radius 1 is 0.920 bits per heavy atom. The number of fused-ring (bicyclic) bond motifs is 3. The van der Waals surface area contributed by atoms with Gasteiger partial charge in [-0.25, -0.2) is 0 Å². The highest BCUT2D eigenvalue weighted by Crippen LogP contribution is 2.53. The van der Waals surface area contributed by atoms with Crippen molar-refractivity contribution >= 4 is 11.9 Å². The smallest absolute Gasteiger partial charge is 0.306 e. The highest BCUT2D eigenvalue weighted by molar-refractivity contribution is 5.78. The second kappa shape index (κ2) is 6.27. The molecule has 130 valence electrons. The molecular formula is C19H20N2O4. The molecule has 6 nitrogen and oxygen atoms in total. The van der Waals surface area contributed by atoms with Gasteiger partial charge in [0.05, 0.1) is 23.2 Å². The molecule has 0 radical (unpaired) electrons. The molecule has 2 atom stereocenters. The van der Waals surface area contributed by atoms with Gasteiger partial charge in [0.2, 0.25) is 0 Å². The van der Waals surface area contributed by atoms with E-state index in [9.17, 15) is 19.8 Å². The third kappa shape index (κ3) is 2.77. The molecule has 0 aromatic carbocycles. The minimum absolute atomic E-state index is 0.303. The number of pyridine rings is 2. The molecule has 3 rings (SSSR count). The molecule has 2 aromatic rings. The maximum atomic E-state index is 11.5. The van der Waals surface area contributed by atoms with Crippen molar-refractivity contribution in [3.63, 3.8) is 0 Å². The van der Waals surface area contributed by atoms with Gasteiger partial charge < -0.3 is 10.2 Å². The van der Waals surface area contributed by atoms with Crippen LogP contribution >= 0.6 is 0 Å². The summed E-state index contributed by atoms with van der Waals surface area (Å²) in [5.74, 6) is -3.05. The first-order valence-electron chi connectivity index (χ1n) is 8.24. The van der Waals surface area contributed by atoms with Gasteiger partial charge in [0.25, 0.3) is 0 Å². The first-order chi connectivity index (χ1) is 11.9. The molecule has 0 aliphatic heterocycles. The van der Waals surface area contributed by atoms with Crippen molar-refractivity contribution in [2.24, 2.45) is 11.8 Å². The standard InChI is InChI=1S/C19H20N2O4/c1-11(17(22)23)9-19(10-12(2)18(24)25)13-5-3-7-20-15(13)16-14(19)6-4-8-21-16/h3-8,11-12H,9-10H2,1-2H3,(H,22,23)(H,24,25). The molecular weight excluding hydrogens is 320 g/mol. The topological polar surface area (TPSA) is 100 Å². The van der Waals surface area contributed by atoms with Crippen LogP contribution < -0.4 is 0 Å². The summed E-state index contributed by atoms with van der Waals surface area (Å²) in [6, 6.07) is 7.42. The van der Waals surface area contributed by atoms with Gasteiger partial charge in [-0.05, 0) is 36.1 Å². The Morgan fingerprint density at radius 2 is 1.32 bits per heavy atom. The van der Waals surface area contributed by atoms with E-state index in [4.69, 9.17) is 0 Å². The van der Waals surface area contributed by atoms with Crippen LogP contribution in [0.1, 0.15) is 37.8 Å². The van der Waals surface area contributed by atoms with E-state index in [0.29, 0.717) is 24.2 Å². The van der Waals surface area contributed by atoms with E-state index in [0.717, 1.165) is 11.1 Å². The Kier molecular flexibility index (Phi) is 4.29. The van der Waals surface area contributed by atoms with Crippen LogP contribution in [0.3, 0.4) is 0 Å². The normalized spacial score (nSPS) is 16.6. The van der Waals surface area contributed by atoms with Crippen LogP contribution in [0, 0.1) is 11.8 Å². The van der Waals surface area contributed by atoms with Crippen LogP contribution in [-0.2, 0) is 15.0 Å². The molecule has 2 heterocycles. The largest absolute Gasteiger partial charge is 0.481 e. The summed E-state index contributed by atoms with van der Waals surface area (Å²) in [7, 11) is 0. The van der Waals surface area contributed by atoms with E-state index in [-0.39, 0.29) is 0 Å². The minimum Gasteiger partial charge on any atom is -0.481 e. The predicted octanol–water partition coefficient (Wildman–Crippen LogP) is 2.96. The Labute approximate surface area is 145 Å². The summed E-state index contributed by atoms with van der Waals surface area (Å²) in [5, 5.41) is 18.9. The molecule has 0 fully saturated rings. The molecule has 0 spiro atoms. The molecule has 6 heteroatoms. The Hall–Kier alpha value is -2.76. The predicted molar refractivity (Wildman–Crippen MR) is 91.1 cm³/mol. The van der Waals surface area contributed by atoms with Gasteiger partial charge in [0, 0.05) is 17.8 Å². The highest BCUT2D eigenvalue weighted by atomic mass is 16.4. The zero-order chi connectivity index (χ0) is 18.2. The Morgan fingerprint density at radius 3 is 1.68 bits per heavy atom. The zero-order valence-electron chi connectivity index (χ0n) is 14.1. The Bertz CT molecular complexity index is 764. The van der Waals surface area contributed by atoms with Crippen LogP contribution in [0.4, 0.5) is 0 Å². The number of carboxylic acids is 2. The van der Waals surface area contributed by atoms with Crippen molar-refractivity contribution in [2.45, 2.75) is 32.1 Å². The number of aromatic nitrogens is 2. The lowest BCUT2D eigenvalue weighted by Gasteiger charge is -2.34. The molecule has 0 amide bonds. The number of hydrogen-bond donors (Lipinski definition) is 2. The van der Waals surface area contributed by atoms with Gasteiger partial charge >= 0.3 is 11.9 Å². The number of carboxylic acid groups (broad SMARTS) is 2. The van der Waals surface area contributed by atoms with Gasteiger partial charge in [-0.3, -0.25) is 19.6 Å². The molecule has 1 aliphatic rings. The van der Waals surface area contributed by atoms with Gasteiger partial charge in [0.15, 0.2) is 0 Å². The molecule has 2 aromatic heterocycles. The van der Waals surface area contributed by atoms with Gasteiger partial charge in [-0.2, -0.15) is 0 Å². The van der Waals surface area contributed by atoms with Crippen molar-refractivity contribution in [3.05, 3.63) is 47.8 Å². The molecule has 0 saturated heterocycles. The van der Waals surface area contributed by atoms with Crippen LogP contribution in [0.15, 0.2) is 36.7 Å². The molecule has 2 unspecified atom stereocenters. The summed E-state index contributed by atoms with van der Waals surface area (Å²) in [6.45, 7) is 3.31. The van der Waals surface area contributed by atoms with Crippen molar-refractivity contribution in [2.75, 3.05) is 0 Å². The van der Waals surface area contributed by atoms with E-state index in [1.807, 2.05) is 12.1 Å². The quantitative estimate of drug-likeness (QED) is 0.838. The molecule has 1 aliphatic carbocycles. The lowest BCUT2D eigenvalue weighted by Crippen LogP contribution is -2.34. The summed E-state index contributed by atoms with van der Waals surface area (Å²) in [5.41, 5.74) is 2.44. The van der Waals surface area contributed by atoms with Crippen LogP contribution in [0.5, 0.6) is 0 Å². The summed E-state index contributed by atoms with van der Waals surface area (Å²) < 4.78 is 0. The molecule has 25 heavy (non-hydrogen) atoms. The van der Waals surface area contributed by atoms with E-state index < -0.39 is 29.2 Å². The summed E-state index contributed by atoms with van der Waals surface area (Å²) in [4.78, 5) is 31.9. The van der Waals surface area contributed by atoms with Gasteiger partial charge in [0.1, 0.15) is 0 Å². The van der Waals surface area contributed by atoms with Crippen LogP contribution in [-0.4, -0.2) is 32.1 Å². The van der Waals surface area contributed by atoms with Gasteiger partial charge in [-0.15, -0.1) is 0 Å². The third-order valence-corrected chi connectivity index (χ3v) is 5.02. The van der Waals surface area contributed by atoms with E-state index >= 15 is 0 Å². The maximum Gasteiger partial charge on any atom is 0.306 e. The van der Waals surface area contributed by atoms with Crippen molar-refractivity contribution < 1.29 is 19.8 Å². The maximum absolute atomic E-state index is 11.5. The average Bonchev–Trinajstić information content (AvgIpc) is 2.86. The van der Waals surface area contributed by atoms with Crippen LogP contribution in [0.25, 0.3) is 11.4 Å². The summed E-state index contributed by atoms with van der Waals surface area (Å²) in [6.07, 6.45) is 3.96. The zero-order valence-corrected chi connectivity index (χ0v) is 14.1. The summed E-state index contributed by atoms with van der Waals surface area (Å²) >= 11 is 0. The van der Waals surface area contributed by atoms with Crippen molar-refractivity contribution in [1.82, 2.24) is 9.97 Å². The second-order valence-electron chi connectivity index (χ2n) is 6.77. The monoisotopic (exact) mass is 340 g/mol. The van der Waals surface area contributed by atoms with Crippen molar-refractivity contribution in [3.8, 4) is 11.4 Å². The molecule has 0 bridgehead atoms. The minimum atomic E-state index is -0.898. The average molecular weight is 340 g/mol. The first kappa shape index (κ1) is 17.1.